The zero-order chi connectivity index (χ0) is 20.1. The van der Waals surface area contributed by atoms with Gasteiger partial charge in [-0.2, -0.15) is 5.10 Å². The smallest absolute Gasteiger partial charge is 0.223 e. The third-order valence-corrected chi connectivity index (χ3v) is 4.84. The number of aromatic amines is 1. The number of amides is 1. The minimum Gasteiger partial charge on any atom is -0.491 e. The number of ether oxygens (including phenoxy) is 1. The highest BCUT2D eigenvalue weighted by Gasteiger charge is 2.29. The standard InChI is InChI=1S/C21H28N4O3/c1-14(2)28-18-8-4-6-16(12-18)21(27)17-7-5-11-25(13-17)20(26)10-9-19-22-15(3)23-24-19/h4,6,8,12,14,17H,5,7,9-11,13H2,1-3H3,(H,22,23,24). The van der Waals surface area contributed by atoms with Gasteiger partial charge in [0.05, 0.1) is 6.10 Å². The number of likely N-dealkylation sites (tertiary alicyclic amines) is 1. The first kappa shape index (κ1) is 20.0. The Morgan fingerprint density at radius 2 is 2.18 bits per heavy atom. The van der Waals surface area contributed by atoms with Crippen LogP contribution in [0.4, 0.5) is 0 Å². The van der Waals surface area contributed by atoms with E-state index >= 15 is 0 Å². The Morgan fingerprint density at radius 3 is 2.89 bits per heavy atom. The quantitative estimate of drug-likeness (QED) is 0.742. The van der Waals surface area contributed by atoms with Crippen LogP contribution in [0, 0.1) is 12.8 Å². The first-order valence-electron chi connectivity index (χ1n) is 9.89. The molecule has 3 rings (SSSR count). The van der Waals surface area contributed by atoms with E-state index in [9.17, 15) is 9.59 Å². The van der Waals surface area contributed by atoms with Crippen molar-refractivity contribution in [2.24, 2.45) is 5.92 Å². The molecule has 0 spiro atoms. The van der Waals surface area contributed by atoms with Crippen LogP contribution in [-0.2, 0) is 11.2 Å². The zero-order valence-electron chi connectivity index (χ0n) is 16.8. The predicted molar refractivity (Wildman–Crippen MR) is 105 cm³/mol. The molecule has 2 heterocycles. The molecule has 1 aromatic carbocycles. The lowest BCUT2D eigenvalue weighted by atomic mass is 9.89. The number of nitrogens with zero attached hydrogens (tertiary/aromatic N) is 3. The minimum absolute atomic E-state index is 0.0526. The number of hydrogen-bond acceptors (Lipinski definition) is 5. The summed E-state index contributed by atoms with van der Waals surface area (Å²) in [4.78, 5) is 31.6. The van der Waals surface area contributed by atoms with Crippen molar-refractivity contribution in [3.63, 3.8) is 0 Å². The number of benzene rings is 1. The Hall–Kier alpha value is -2.70. The summed E-state index contributed by atoms with van der Waals surface area (Å²) in [6.07, 6.45) is 2.56. The van der Waals surface area contributed by atoms with Crippen LogP contribution in [-0.4, -0.2) is 51.0 Å². The summed E-state index contributed by atoms with van der Waals surface area (Å²) in [5.41, 5.74) is 0.647. The van der Waals surface area contributed by atoms with Crippen molar-refractivity contribution in [3.05, 3.63) is 41.5 Å². The second kappa shape index (κ2) is 8.99. The fourth-order valence-electron chi connectivity index (χ4n) is 3.53. The average molecular weight is 384 g/mol. The van der Waals surface area contributed by atoms with Crippen LogP contribution in [0.15, 0.2) is 24.3 Å². The lowest BCUT2D eigenvalue weighted by Gasteiger charge is -2.32. The van der Waals surface area contributed by atoms with E-state index in [1.165, 1.54) is 0 Å². The van der Waals surface area contributed by atoms with Crippen molar-refractivity contribution in [1.29, 1.82) is 0 Å². The van der Waals surface area contributed by atoms with E-state index < -0.39 is 0 Å². The van der Waals surface area contributed by atoms with Crippen LogP contribution in [0.2, 0.25) is 0 Å². The number of hydrogen-bond donors (Lipinski definition) is 1. The Labute approximate surface area is 165 Å². The number of rotatable bonds is 7. The van der Waals surface area contributed by atoms with Gasteiger partial charge in [-0.25, -0.2) is 4.98 Å². The third-order valence-electron chi connectivity index (χ3n) is 4.84. The van der Waals surface area contributed by atoms with E-state index in [2.05, 4.69) is 15.2 Å². The molecule has 1 fully saturated rings. The highest BCUT2D eigenvalue weighted by molar-refractivity contribution is 5.98. The first-order chi connectivity index (χ1) is 13.4. The van der Waals surface area contributed by atoms with Crippen molar-refractivity contribution < 1.29 is 14.3 Å². The van der Waals surface area contributed by atoms with Gasteiger partial charge in [0, 0.05) is 37.4 Å². The minimum atomic E-state index is -0.169. The molecule has 150 valence electrons. The van der Waals surface area contributed by atoms with Gasteiger partial charge in [-0.1, -0.05) is 12.1 Å². The summed E-state index contributed by atoms with van der Waals surface area (Å²) in [5.74, 6) is 2.06. The van der Waals surface area contributed by atoms with Crippen molar-refractivity contribution in [1.82, 2.24) is 20.1 Å². The van der Waals surface area contributed by atoms with Crippen molar-refractivity contribution in [3.8, 4) is 5.75 Å². The van der Waals surface area contributed by atoms with E-state index in [1.54, 1.807) is 11.0 Å². The van der Waals surface area contributed by atoms with Gasteiger partial charge >= 0.3 is 0 Å². The van der Waals surface area contributed by atoms with E-state index in [0.29, 0.717) is 43.1 Å². The van der Waals surface area contributed by atoms with Crippen LogP contribution in [0.3, 0.4) is 0 Å². The second-order valence-electron chi connectivity index (χ2n) is 7.57. The average Bonchev–Trinajstić information content (AvgIpc) is 3.10. The molecule has 1 unspecified atom stereocenters. The molecule has 0 radical (unpaired) electrons. The van der Waals surface area contributed by atoms with E-state index in [1.807, 2.05) is 39.0 Å². The largest absolute Gasteiger partial charge is 0.491 e. The monoisotopic (exact) mass is 384 g/mol. The maximum atomic E-state index is 13.0. The number of aryl methyl sites for hydroxylation is 2. The molecule has 28 heavy (non-hydrogen) atoms. The Balaban J connectivity index is 1.59. The molecule has 1 amide bonds. The normalized spacial score (nSPS) is 17.0. The summed E-state index contributed by atoms with van der Waals surface area (Å²) < 4.78 is 5.70. The van der Waals surface area contributed by atoms with Crippen LogP contribution in [0.25, 0.3) is 0 Å². The number of carbonyl (C=O) groups excluding carboxylic acids is 2. The van der Waals surface area contributed by atoms with Gasteiger partial charge in [0.2, 0.25) is 5.91 Å². The number of H-pyrrole nitrogens is 1. The summed E-state index contributed by atoms with van der Waals surface area (Å²) in [6, 6.07) is 7.32. The molecule has 1 aliphatic rings. The molecule has 0 bridgehead atoms. The molecule has 1 N–H and O–H groups in total. The molecular formula is C21H28N4O3. The number of ketones is 1. The molecule has 2 aromatic rings. The fourth-order valence-corrected chi connectivity index (χ4v) is 3.53. The van der Waals surface area contributed by atoms with Gasteiger partial charge in [-0.05, 0) is 45.7 Å². The molecule has 1 aliphatic heterocycles. The summed E-state index contributed by atoms with van der Waals surface area (Å²) in [5, 5.41) is 6.86. The van der Waals surface area contributed by atoms with Gasteiger partial charge in [0.1, 0.15) is 11.6 Å². The summed E-state index contributed by atoms with van der Waals surface area (Å²) in [6.45, 7) is 6.92. The zero-order valence-corrected chi connectivity index (χ0v) is 16.8. The number of carbonyl (C=O) groups is 2. The highest BCUT2D eigenvalue weighted by Crippen LogP contribution is 2.24. The molecule has 1 aromatic heterocycles. The number of nitrogens with one attached hydrogen (secondary N) is 1. The molecule has 7 heteroatoms. The highest BCUT2D eigenvalue weighted by atomic mass is 16.5. The molecule has 7 nitrogen and oxygen atoms in total. The Morgan fingerprint density at radius 1 is 1.36 bits per heavy atom. The number of piperidine rings is 1. The van der Waals surface area contributed by atoms with E-state index in [0.717, 1.165) is 18.7 Å². The van der Waals surface area contributed by atoms with Gasteiger partial charge in [-0.3, -0.25) is 14.7 Å². The molecule has 1 atom stereocenters. The van der Waals surface area contributed by atoms with Crippen molar-refractivity contribution in [2.45, 2.75) is 52.6 Å². The second-order valence-corrected chi connectivity index (χ2v) is 7.57. The Bertz CT molecular complexity index is 831. The van der Waals surface area contributed by atoms with Crippen LogP contribution >= 0.6 is 0 Å². The maximum Gasteiger partial charge on any atom is 0.223 e. The van der Waals surface area contributed by atoms with Crippen molar-refractivity contribution >= 4 is 11.7 Å². The lowest BCUT2D eigenvalue weighted by Crippen LogP contribution is -2.42. The van der Waals surface area contributed by atoms with Gasteiger partial charge in [-0.15, -0.1) is 0 Å². The molecule has 0 saturated carbocycles. The molecule has 0 aliphatic carbocycles. The van der Waals surface area contributed by atoms with Crippen molar-refractivity contribution in [2.75, 3.05) is 13.1 Å². The van der Waals surface area contributed by atoms with Crippen LogP contribution in [0.5, 0.6) is 5.75 Å². The van der Waals surface area contributed by atoms with Crippen LogP contribution < -0.4 is 4.74 Å². The van der Waals surface area contributed by atoms with E-state index in [-0.39, 0.29) is 23.7 Å². The number of aromatic nitrogens is 3. The Kier molecular flexibility index (Phi) is 6.44. The van der Waals surface area contributed by atoms with Gasteiger partial charge < -0.3 is 9.64 Å². The SMILES string of the molecule is Cc1nc(CCC(=O)N2CCCC(C(=O)c3cccc(OC(C)C)c3)C2)n[nH]1. The van der Waals surface area contributed by atoms with E-state index in [4.69, 9.17) is 4.74 Å². The molecule has 1 saturated heterocycles. The molecular weight excluding hydrogens is 356 g/mol. The first-order valence-corrected chi connectivity index (χ1v) is 9.89. The van der Waals surface area contributed by atoms with Crippen LogP contribution in [0.1, 0.15) is 55.1 Å². The summed E-state index contributed by atoms with van der Waals surface area (Å²) in [7, 11) is 0. The third kappa shape index (κ3) is 5.18. The summed E-state index contributed by atoms with van der Waals surface area (Å²) >= 11 is 0. The number of Topliss-reactive ketones (excluding diaryl/α,β-unsaturated/α-hetero) is 1. The van der Waals surface area contributed by atoms with Gasteiger partial charge in [0.25, 0.3) is 0 Å². The maximum absolute atomic E-state index is 13.0. The topological polar surface area (TPSA) is 88.2 Å². The van der Waals surface area contributed by atoms with Gasteiger partial charge in [0.15, 0.2) is 11.6 Å². The lowest BCUT2D eigenvalue weighted by molar-refractivity contribution is -0.132. The predicted octanol–water partition coefficient (Wildman–Crippen LogP) is 2.95. The fraction of sp³-hybridized carbons (Fsp3) is 0.524.